The van der Waals surface area contributed by atoms with Gasteiger partial charge in [-0.25, -0.2) is 4.39 Å². The molecule has 0 aliphatic heterocycles. The number of nitrogens with one attached hydrogen (secondary N) is 2. The van der Waals surface area contributed by atoms with Crippen molar-refractivity contribution < 1.29 is 13.9 Å². The Labute approximate surface area is 112 Å². The molecule has 6 heteroatoms. The van der Waals surface area contributed by atoms with Crippen molar-refractivity contribution in [3.63, 3.8) is 0 Å². The number of halogens is 1. The first kappa shape index (κ1) is 15.1. The molecule has 1 aromatic rings. The van der Waals surface area contributed by atoms with E-state index in [9.17, 15) is 9.18 Å². The van der Waals surface area contributed by atoms with E-state index >= 15 is 0 Å². The molecule has 0 bridgehead atoms. The summed E-state index contributed by atoms with van der Waals surface area (Å²) >= 11 is 0. The van der Waals surface area contributed by atoms with E-state index in [1.165, 1.54) is 13.2 Å². The molecule has 0 spiro atoms. The third-order valence-corrected chi connectivity index (χ3v) is 2.47. The lowest BCUT2D eigenvalue weighted by Crippen LogP contribution is -2.32. The molecule has 0 heterocycles. The van der Waals surface area contributed by atoms with E-state index in [1.54, 1.807) is 0 Å². The Kier molecular flexibility index (Phi) is 5.41. The van der Waals surface area contributed by atoms with Crippen molar-refractivity contribution >= 4 is 17.3 Å². The van der Waals surface area contributed by atoms with Gasteiger partial charge in [0.2, 0.25) is 5.91 Å². The highest BCUT2D eigenvalue weighted by Gasteiger charge is 2.09. The number of hydrogen-bond donors (Lipinski definition) is 3. The molecule has 0 atom stereocenters. The van der Waals surface area contributed by atoms with Crippen LogP contribution in [0.3, 0.4) is 0 Å². The van der Waals surface area contributed by atoms with E-state index in [0.717, 1.165) is 6.07 Å². The van der Waals surface area contributed by atoms with Crippen molar-refractivity contribution in [3.8, 4) is 5.75 Å². The molecule has 0 aliphatic carbocycles. The van der Waals surface area contributed by atoms with E-state index in [4.69, 9.17) is 10.5 Å². The number of anilines is 2. The van der Waals surface area contributed by atoms with Crippen molar-refractivity contribution in [2.75, 3.05) is 31.2 Å². The van der Waals surface area contributed by atoms with Gasteiger partial charge in [-0.1, -0.05) is 13.8 Å². The highest BCUT2D eigenvalue weighted by molar-refractivity contribution is 5.82. The number of nitrogen functional groups attached to an aromatic ring is 1. The van der Waals surface area contributed by atoms with Gasteiger partial charge in [0.15, 0.2) is 11.6 Å². The molecule has 0 unspecified atom stereocenters. The van der Waals surface area contributed by atoms with Crippen LogP contribution in [0.5, 0.6) is 5.75 Å². The highest BCUT2D eigenvalue weighted by atomic mass is 19.1. The predicted molar refractivity (Wildman–Crippen MR) is 73.7 cm³/mol. The van der Waals surface area contributed by atoms with Crippen molar-refractivity contribution in [1.82, 2.24) is 5.32 Å². The van der Waals surface area contributed by atoms with E-state index < -0.39 is 5.82 Å². The highest BCUT2D eigenvalue weighted by Crippen LogP contribution is 2.27. The number of ether oxygens (including phenoxy) is 1. The molecule has 0 aromatic heterocycles. The van der Waals surface area contributed by atoms with Crippen molar-refractivity contribution in [1.29, 1.82) is 0 Å². The number of rotatable bonds is 6. The molecule has 1 aromatic carbocycles. The summed E-state index contributed by atoms with van der Waals surface area (Å²) in [5.74, 6) is -0.203. The number of amides is 1. The van der Waals surface area contributed by atoms with Gasteiger partial charge in [0, 0.05) is 18.7 Å². The standard InChI is InChI=1S/C13H20FN3O2/c1-8(2)6-17-13(18)7-16-11-5-12(19-3)9(14)4-10(11)15/h4-5,8,16H,6-7,15H2,1-3H3,(H,17,18). The van der Waals surface area contributed by atoms with E-state index in [2.05, 4.69) is 10.6 Å². The van der Waals surface area contributed by atoms with Crippen molar-refractivity contribution in [3.05, 3.63) is 17.9 Å². The number of nitrogens with two attached hydrogens (primary N) is 1. The Morgan fingerprint density at radius 1 is 1.47 bits per heavy atom. The second kappa shape index (κ2) is 6.82. The monoisotopic (exact) mass is 269 g/mol. The molecule has 1 rings (SSSR count). The molecule has 0 saturated heterocycles. The minimum Gasteiger partial charge on any atom is -0.494 e. The third-order valence-electron chi connectivity index (χ3n) is 2.47. The third kappa shape index (κ3) is 4.65. The van der Waals surface area contributed by atoms with Gasteiger partial charge in [-0.2, -0.15) is 0 Å². The molecular weight excluding hydrogens is 249 g/mol. The number of benzene rings is 1. The van der Waals surface area contributed by atoms with E-state index in [0.29, 0.717) is 18.2 Å². The summed E-state index contributed by atoms with van der Waals surface area (Å²) in [5, 5.41) is 5.62. The van der Waals surface area contributed by atoms with Crippen LogP contribution in [0.1, 0.15) is 13.8 Å². The Morgan fingerprint density at radius 3 is 2.74 bits per heavy atom. The zero-order valence-electron chi connectivity index (χ0n) is 11.4. The van der Waals surface area contributed by atoms with Crippen molar-refractivity contribution in [2.24, 2.45) is 5.92 Å². The normalized spacial score (nSPS) is 10.4. The number of methoxy groups -OCH3 is 1. The van der Waals surface area contributed by atoms with Gasteiger partial charge >= 0.3 is 0 Å². The summed E-state index contributed by atoms with van der Waals surface area (Å²) in [5.41, 5.74) is 6.37. The van der Waals surface area contributed by atoms with Crippen molar-refractivity contribution in [2.45, 2.75) is 13.8 Å². The molecule has 19 heavy (non-hydrogen) atoms. The van der Waals surface area contributed by atoms with Crippen LogP contribution in [0.25, 0.3) is 0 Å². The zero-order valence-corrected chi connectivity index (χ0v) is 11.4. The quantitative estimate of drug-likeness (QED) is 0.686. The van der Waals surface area contributed by atoms with Crippen LogP contribution in [-0.4, -0.2) is 26.1 Å². The maximum absolute atomic E-state index is 13.3. The first-order valence-electron chi connectivity index (χ1n) is 6.07. The average Bonchev–Trinajstić information content (AvgIpc) is 2.35. The SMILES string of the molecule is COc1cc(NCC(=O)NCC(C)C)c(N)cc1F. The van der Waals surface area contributed by atoms with Gasteiger partial charge in [-0.05, 0) is 5.92 Å². The van der Waals surface area contributed by atoms with Crippen LogP contribution in [0.2, 0.25) is 0 Å². The van der Waals surface area contributed by atoms with E-state index in [1.807, 2.05) is 13.8 Å². The second-order valence-electron chi connectivity index (χ2n) is 4.63. The van der Waals surface area contributed by atoms with Gasteiger partial charge in [0.25, 0.3) is 0 Å². The van der Waals surface area contributed by atoms with Crippen LogP contribution in [0.15, 0.2) is 12.1 Å². The molecule has 0 aliphatic rings. The predicted octanol–water partition coefficient (Wildman–Crippen LogP) is 1.60. The summed E-state index contributed by atoms with van der Waals surface area (Å²) in [7, 11) is 1.37. The molecule has 0 radical (unpaired) electrons. The summed E-state index contributed by atoms with van der Waals surface area (Å²) in [6, 6.07) is 2.59. The topological polar surface area (TPSA) is 76.4 Å². The van der Waals surface area contributed by atoms with Crippen LogP contribution < -0.4 is 21.1 Å². The second-order valence-corrected chi connectivity index (χ2v) is 4.63. The smallest absolute Gasteiger partial charge is 0.239 e. The molecule has 106 valence electrons. The number of hydrogen-bond acceptors (Lipinski definition) is 4. The van der Waals surface area contributed by atoms with Crippen LogP contribution in [0.4, 0.5) is 15.8 Å². The van der Waals surface area contributed by atoms with Gasteiger partial charge in [-0.15, -0.1) is 0 Å². The lowest BCUT2D eigenvalue weighted by atomic mass is 10.2. The summed E-state index contributed by atoms with van der Waals surface area (Å²) in [6.07, 6.45) is 0. The minimum atomic E-state index is -0.533. The van der Waals surface area contributed by atoms with Crippen LogP contribution in [-0.2, 0) is 4.79 Å². The lowest BCUT2D eigenvalue weighted by Gasteiger charge is -2.12. The average molecular weight is 269 g/mol. The number of carbonyl (C=O) groups is 1. The Hall–Kier alpha value is -1.98. The fourth-order valence-electron chi connectivity index (χ4n) is 1.43. The minimum absolute atomic E-state index is 0.0751. The zero-order chi connectivity index (χ0) is 14.4. The fourth-order valence-corrected chi connectivity index (χ4v) is 1.43. The first-order chi connectivity index (χ1) is 8.93. The maximum Gasteiger partial charge on any atom is 0.239 e. The fraction of sp³-hybridized carbons (Fsp3) is 0.462. The van der Waals surface area contributed by atoms with Gasteiger partial charge < -0.3 is 21.1 Å². The van der Waals surface area contributed by atoms with Crippen LogP contribution in [0, 0.1) is 11.7 Å². The lowest BCUT2D eigenvalue weighted by molar-refractivity contribution is -0.119. The Bertz CT molecular complexity index is 450. The van der Waals surface area contributed by atoms with E-state index in [-0.39, 0.29) is 23.9 Å². The molecule has 0 fully saturated rings. The summed E-state index contributed by atoms with van der Waals surface area (Å²) in [4.78, 5) is 11.5. The van der Waals surface area contributed by atoms with Gasteiger partial charge in [0.1, 0.15) is 0 Å². The molecule has 4 N–H and O–H groups in total. The molecular formula is C13H20FN3O2. The van der Waals surface area contributed by atoms with Crippen LogP contribution >= 0.6 is 0 Å². The molecule has 0 saturated carbocycles. The molecule has 1 amide bonds. The Balaban J connectivity index is 2.60. The largest absolute Gasteiger partial charge is 0.494 e. The summed E-state index contributed by atoms with van der Waals surface area (Å²) in [6.45, 7) is 4.71. The summed E-state index contributed by atoms with van der Waals surface area (Å²) < 4.78 is 18.2. The van der Waals surface area contributed by atoms with Gasteiger partial charge in [-0.3, -0.25) is 4.79 Å². The maximum atomic E-state index is 13.3. The Morgan fingerprint density at radius 2 is 2.16 bits per heavy atom. The first-order valence-corrected chi connectivity index (χ1v) is 6.07. The van der Waals surface area contributed by atoms with Gasteiger partial charge in [0.05, 0.1) is 25.0 Å². The number of carbonyl (C=O) groups excluding carboxylic acids is 1. The molecule has 5 nitrogen and oxygen atoms in total.